The fraction of sp³-hybridized carbons (Fsp3) is 0.450. The Morgan fingerprint density at radius 3 is 2.56 bits per heavy atom. The first-order valence-corrected chi connectivity index (χ1v) is 9.77. The molecular formula is C20H24N2O4S. The first kappa shape index (κ1) is 19.5. The van der Waals surface area contributed by atoms with E-state index in [1.807, 2.05) is 37.3 Å². The molecule has 2 aromatic rings. The van der Waals surface area contributed by atoms with Crippen molar-refractivity contribution in [2.24, 2.45) is 0 Å². The predicted octanol–water partition coefficient (Wildman–Crippen LogP) is 4.23. The van der Waals surface area contributed by atoms with E-state index in [2.05, 4.69) is 17.6 Å². The molecule has 0 N–H and O–H groups in total. The monoisotopic (exact) mass is 388 g/mol. The summed E-state index contributed by atoms with van der Waals surface area (Å²) in [4.78, 5) is 28.7. The number of carbonyl (C=O) groups excluding carboxylic acids is 2. The maximum absolute atomic E-state index is 12.9. The molecule has 0 spiro atoms. The van der Waals surface area contributed by atoms with Gasteiger partial charge < -0.3 is 9.47 Å². The Hall–Kier alpha value is -2.28. The van der Waals surface area contributed by atoms with Crippen LogP contribution < -0.4 is 0 Å². The molecule has 1 saturated carbocycles. The molecule has 0 bridgehead atoms. The molecule has 3 rings (SSSR count). The number of esters is 1. The van der Waals surface area contributed by atoms with Crippen LogP contribution in [0.5, 0.6) is 0 Å². The van der Waals surface area contributed by atoms with Gasteiger partial charge in [-0.1, -0.05) is 36.8 Å². The third kappa shape index (κ3) is 4.91. The number of imidazole rings is 1. The Kier molecular flexibility index (Phi) is 6.21. The summed E-state index contributed by atoms with van der Waals surface area (Å²) in [5.41, 5.74) is 0.816. The van der Waals surface area contributed by atoms with Gasteiger partial charge in [0.2, 0.25) is 0 Å². The van der Waals surface area contributed by atoms with Crippen molar-refractivity contribution in [1.82, 2.24) is 9.55 Å². The van der Waals surface area contributed by atoms with Gasteiger partial charge in [-0.15, -0.1) is 0 Å². The van der Waals surface area contributed by atoms with E-state index < -0.39 is 17.7 Å². The van der Waals surface area contributed by atoms with Crippen LogP contribution in [-0.2, 0) is 20.9 Å². The molecule has 6 nitrogen and oxygen atoms in total. The zero-order valence-electron chi connectivity index (χ0n) is 15.4. The van der Waals surface area contributed by atoms with Crippen LogP contribution in [0, 0.1) is 0 Å². The van der Waals surface area contributed by atoms with Gasteiger partial charge in [0, 0.05) is 11.8 Å². The third-order valence-electron chi connectivity index (χ3n) is 4.74. The quantitative estimate of drug-likeness (QED) is 0.613. The number of nitrogens with zero attached hydrogens (tertiary/aromatic N) is 2. The van der Waals surface area contributed by atoms with Crippen molar-refractivity contribution in [2.45, 2.75) is 51.2 Å². The topological polar surface area (TPSA) is 70.4 Å². The van der Waals surface area contributed by atoms with E-state index in [-0.39, 0.29) is 12.4 Å². The van der Waals surface area contributed by atoms with Crippen LogP contribution >= 0.6 is 12.6 Å². The number of rotatable bonds is 5. The number of hydrogen-bond acceptors (Lipinski definition) is 6. The van der Waals surface area contributed by atoms with E-state index in [1.165, 1.54) is 11.0 Å². The van der Waals surface area contributed by atoms with E-state index in [0.717, 1.165) is 31.2 Å². The smallest absolute Gasteiger partial charge is 0.420 e. The summed E-state index contributed by atoms with van der Waals surface area (Å²) in [6, 6.07) is 9.40. The predicted molar refractivity (Wildman–Crippen MR) is 105 cm³/mol. The number of ether oxygens (including phenoxy) is 2. The van der Waals surface area contributed by atoms with Crippen LogP contribution in [0.4, 0.5) is 4.79 Å². The lowest BCUT2D eigenvalue weighted by molar-refractivity contribution is -0.141. The zero-order chi connectivity index (χ0) is 19.3. The van der Waals surface area contributed by atoms with Gasteiger partial charge in [-0.05, 0) is 32.6 Å². The van der Waals surface area contributed by atoms with E-state index >= 15 is 0 Å². The molecule has 1 heterocycles. The van der Waals surface area contributed by atoms with Crippen molar-refractivity contribution in [3.05, 3.63) is 42.2 Å². The van der Waals surface area contributed by atoms with Crippen molar-refractivity contribution in [3.8, 4) is 11.4 Å². The summed E-state index contributed by atoms with van der Waals surface area (Å²) >= 11 is 3.89. The van der Waals surface area contributed by atoms with Crippen LogP contribution in [0.3, 0.4) is 0 Å². The summed E-state index contributed by atoms with van der Waals surface area (Å²) in [6.07, 6.45) is 6.13. The second kappa shape index (κ2) is 8.61. The molecule has 0 radical (unpaired) electrons. The molecule has 0 unspecified atom stereocenters. The van der Waals surface area contributed by atoms with E-state index in [9.17, 15) is 9.59 Å². The fourth-order valence-electron chi connectivity index (χ4n) is 3.29. The Balaban J connectivity index is 1.86. The second-order valence-electron chi connectivity index (χ2n) is 6.99. The number of carbonyl (C=O) groups is 2. The van der Waals surface area contributed by atoms with Gasteiger partial charge in [-0.3, -0.25) is 4.79 Å². The Morgan fingerprint density at radius 2 is 1.89 bits per heavy atom. The highest BCUT2D eigenvalue weighted by molar-refractivity contribution is 7.81. The molecule has 144 valence electrons. The Bertz CT molecular complexity index is 798. The summed E-state index contributed by atoms with van der Waals surface area (Å²) < 4.78 is 12.3. The number of hydrogen-bond donors (Lipinski definition) is 1. The molecular weight excluding hydrogens is 364 g/mol. The molecule has 1 aromatic heterocycles. The van der Waals surface area contributed by atoms with Crippen LogP contribution in [0.15, 0.2) is 36.5 Å². The van der Waals surface area contributed by atoms with Gasteiger partial charge in [0.1, 0.15) is 18.0 Å². The van der Waals surface area contributed by atoms with Crippen molar-refractivity contribution >= 4 is 24.7 Å². The van der Waals surface area contributed by atoms with Crippen molar-refractivity contribution in [2.75, 3.05) is 5.75 Å². The molecule has 27 heavy (non-hydrogen) atoms. The molecule has 1 aliphatic carbocycles. The Labute approximate surface area is 164 Å². The summed E-state index contributed by atoms with van der Waals surface area (Å²) in [5, 5.41) is 0. The maximum atomic E-state index is 12.9. The van der Waals surface area contributed by atoms with Crippen LogP contribution in [0.1, 0.15) is 44.7 Å². The van der Waals surface area contributed by atoms with Crippen molar-refractivity contribution in [1.29, 1.82) is 0 Å². The number of aromatic nitrogens is 2. The van der Waals surface area contributed by atoms with Crippen molar-refractivity contribution in [3.63, 3.8) is 0 Å². The average Bonchev–Trinajstić information content (AvgIpc) is 3.11. The third-order valence-corrected chi connectivity index (χ3v) is 5.00. The molecule has 0 atom stereocenters. The lowest BCUT2D eigenvalue weighted by Gasteiger charge is -2.33. The zero-order valence-corrected chi connectivity index (χ0v) is 16.3. The lowest BCUT2D eigenvalue weighted by Crippen LogP contribution is -2.35. The fourth-order valence-corrected chi connectivity index (χ4v) is 3.38. The highest BCUT2D eigenvalue weighted by Crippen LogP contribution is 2.32. The molecule has 7 heteroatoms. The standard InChI is InChI=1S/C20H24N2O4S/c1-20(10-6-3-7-11-20)26-19(24)22-12-16(13-25-17(23)14-27)21-18(22)15-8-4-2-5-9-15/h2,4-5,8-9,12,27H,3,6-7,10-11,13-14H2,1H3. The van der Waals surface area contributed by atoms with Crippen molar-refractivity contribution < 1.29 is 19.1 Å². The maximum Gasteiger partial charge on any atom is 0.420 e. The van der Waals surface area contributed by atoms with Gasteiger partial charge in [-0.2, -0.15) is 12.6 Å². The van der Waals surface area contributed by atoms with E-state index in [1.54, 1.807) is 6.20 Å². The minimum atomic E-state index is -0.461. The van der Waals surface area contributed by atoms with Gasteiger partial charge in [-0.25, -0.2) is 14.3 Å². The van der Waals surface area contributed by atoms with Crippen LogP contribution in [0.25, 0.3) is 11.4 Å². The molecule has 1 aromatic carbocycles. The summed E-state index contributed by atoms with van der Waals surface area (Å²) in [6.45, 7) is 1.97. The normalized spacial score (nSPS) is 15.9. The van der Waals surface area contributed by atoms with Crippen LogP contribution in [0.2, 0.25) is 0 Å². The lowest BCUT2D eigenvalue weighted by atomic mass is 9.86. The largest absolute Gasteiger partial charge is 0.458 e. The number of benzene rings is 1. The van der Waals surface area contributed by atoms with Gasteiger partial charge in [0.05, 0.1) is 11.4 Å². The first-order chi connectivity index (χ1) is 13.0. The van der Waals surface area contributed by atoms with E-state index in [4.69, 9.17) is 9.47 Å². The van der Waals surface area contributed by atoms with E-state index in [0.29, 0.717) is 11.5 Å². The SMILES string of the molecule is CC1(OC(=O)n2cc(COC(=O)CS)nc2-c2ccccc2)CCCCC1. The average molecular weight is 388 g/mol. The summed E-state index contributed by atoms with van der Waals surface area (Å²) in [5.74, 6) is 0.0236. The van der Waals surface area contributed by atoms with Crippen LogP contribution in [-0.4, -0.2) is 33.0 Å². The molecule has 0 aliphatic heterocycles. The minimum Gasteiger partial charge on any atom is -0.458 e. The molecule has 1 aliphatic rings. The van der Waals surface area contributed by atoms with Gasteiger partial charge in [0.25, 0.3) is 0 Å². The van der Waals surface area contributed by atoms with Gasteiger partial charge in [0.15, 0.2) is 0 Å². The Morgan fingerprint density at radius 1 is 1.19 bits per heavy atom. The second-order valence-corrected chi connectivity index (χ2v) is 7.31. The number of thiol groups is 1. The highest BCUT2D eigenvalue weighted by atomic mass is 32.1. The molecule has 1 fully saturated rings. The summed E-state index contributed by atoms with van der Waals surface area (Å²) in [7, 11) is 0. The molecule has 0 amide bonds. The highest BCUT2D eigenvalue weighted by Gasteiger charge is 2.32. The first-order valence-electron chi connectivity index (χ1n) is 9.14. The minimum absolute atomic E-state index is 0.00729. The van der Waals surface area contributed by atoms with Gasteiger partial charge >= 0.3 is 12.1 Å². The molecule has 0 saturated heterocycles.